The molecule has 3 rings (SSSR count). The molecule has 0 heterocycles. The van der Waals surface area contributed by atoms with E-state index in [0.717, 1.165) is 4.90 Å². The van der Waals surface area contributed by atoms with Crippen molar-refractivity contribution in [3.63, 3.8) is 0 Å². The third-order valence-corrected chi connectivity index (χ3v) is 5.79. The minimum absolute atomic E-state index is 0.0370. The molecule has 0 aromatic heterocycles. The lowest BCUT2D eigenvalue weighted by Crippen LogP contribution is -2.30. The Morgan fingerprint density at radius 2 is 1.76 bits per heavy atom. The fourth-order valence-electron chi connectivity index (χ4n) is 2.80. The van der Waals surface area contributed by atoms with Crippen molar-refractivity contribution in [3.8, 4) is 0 Å². The van der Waals surface area contributed by atoms with Crippen molar-refractivity contribution in [1.29, 1.82) is 0 Å². The Bertz CT molecular complexity index is 1210. The van der Waals surface area contributed by atoms with Crippen molar-refractivity contribution in [2.45, 2.75) is 4.90 Å². The molecule has 3 aromatic carbocycles. The Kier molecular flexibility index (Phi) is 8.84. The number of thioether (sulfide) groups is 1. The summed E-state index contributed by atoms with van der Waals surface area (Å²) in [6.45, 7) is 0. The number of hydrogen-bond acceptors (Lipinski definition) is 5. The molecule has 0 spiro atoms. The summed E-state index contributed by atoms with van der Waals surface area (Å²) in [4.78, 5) is 37.9. The second-order valence-corrected chi connectivity index (χ2v) is 8.32. The second-order valence-electron chi connectivity index (χ2n) is 6.86. The van der Waals surface area contributed by atoms with E-state index < -0.39 is 17.6 Å². The molecule has 0 aliphatic heterocycles. The van der Waals surface area contributed by atoms with E-state index in [9.17, 15) is 18.8 Å². The first kappa shape index (κ1) is 25.0. The van der Waals surface area contributed by atoms with Gasteiger partial charge in [-0.05, 0) is 48.5 Å². The predicted molar refractivity (Wildman–Crippen MR) is 131 cm³/mol. The number of rotatable bonds is 8. The summed E-state index contributed by atoms with van der Waals surface area (Å²) in [6.07, 6.45) is 1.18. The number of hydrogen-bond donors (Lipinski definition) is 2. The molecule has 0 bridgehead atoms. The normalized spacial score (nSPS) is 11.0. The van der Waals surface area contributed by atoms with Crippen molar-refractivity contribution in [3.05, 3.63) is 100 Å². The third kappa shape index (κ3) is 6.94. The molecule has 0 saturated heterocycles. The molecule has 0 aliphatic carbocycles. The standard InChI is InChI=1S/C25H20ClFN2O4S/c1-33-23(30)15-34-18-10-5-9-17(13-18)28-25(32)22(14-19-20(26)11-6-12-21(19)27)29-24(31)16-7-3-2-4-8-16/h2-14H,15H2,1H3,(H,28,32)(H,29,31)/b22-14-. The van der Waals surface area contributed by atoms with Gasteiger partial charge in [0, 0.05) is 21.7 Å². The molecule has 2 amide bonds. The molecule has 9 heteroatoms. The Morgan fingerprint density at radius 1 is 1.03 bits per heavy atom. The van der Waals surface area contributed by atoms with Gasteiger partial charge in [-0.3, -0.25) is 14.4 Å². The van der Waals surface area contributed by atoms with Crippen LogP contribution in [0.1, 0.15) is 15.9 Å². The lowest BCUT2D eigenvalue weighted by Gasteiger charge is -2.13. The van der Waals surface area contributed by atoms with Crippen LogP contribution in [-0.4, -0.2) is 30.6 Å². The fraction of sp³-hybridized carbons (Fsp3) is 0.0800. The van der Waals surface area contributed by atoms with Gasteiger partial charge in [0.05, 0.1) is 17.9 Å². The SMILES string of the molecule is COC(=O)CSc1cccc(NC(=O)/C(=C/c2c(F)cccc2Cl)NC(=O)c2ccccc2)c1. The first-order valence-corrected chi connectivity index (χ1v) is 11.4. The van der Waals surface area contributed by atoms with E-state index in [1.165, 1.54) is 43.1 Å². The number of carbonyl (C=O) groups is 3. The van der Waals surface area contributed by atoms with Gasteiger partial charge in [-0.15, -0.1) is 11.8 Å². The predicted octanol–water partition coefficient (Wildman–Crippen LogP) is 5.15. The summed E-state index contributed by atoms with van der Waals surface area (Å²) in [7, 11) is 1.30. The van der Waals surface area contributed by atoms with E-state index >= 15 is 0 Å². The maximum atomic E-state index is 14.4. The summed E-state index contributed by atoms with van der Waals surface area (Å²) in [6, 6.07) is 19.2. The van der Waals surface area contributed by atoms with E-state index in [-0.39, 0.29) is 28.0 Å². The van der Waals surface area contributed by atoms with Gasteiger partial charge in [-0.25, -0.2) is 4.39 Å². The number of ether oxygens (including phenoxy) is 1. The number of anilines is 1. The number of amides is 2. The number of carbonyl (C=O) groups excluding carboxylic acids is 3. The average molecular weight is 499 g/mol. The Hall–Kier alpha value is -3.62. The van der Waals surface area contributed by atoms with Crippen LogP contribution in [0.5, 0.6) is 0 Å². The first-order chi connectivity index (χ1) is 16.4. The van der Waals surface area contributed by atoms with Crippen LogP contribution in [0.4, 0.5) is 10.1 Å². The monoisotopic (exact) mass is 498 g/mol. The van der Waals surface area contributed by atoms with Crippen LogP contribution >= 0.6 is 23.4 Å². The zero-order valence-corrected chi connectivity index (χ0v) is 19.6. The van der Waals surface area contributed by atoms with E-state index in [1.54, 1.807) is 54.6 Å². The molecule has 174 valence electrons. The van der Waals surface area contributed by atoms with Crippen LogP contribution in [0.3, 0.4) is 0 Å². The van der Waals surface area contributed by atoms with E-state index in [4.69, 9.17) is 11.6 Å². The van der Waals surface area contributed by atoms with E-state index in [1.807, 2.05) is 0 Å². The maximum Gasteiger partial charge on any atom is 0.315 e. The largest absolute Gasteiger partial charge is 0.468 e. The van der Waals surface area contributed by atoms with Gasteiger partial charge in [0.25, 0.3) is 11.8 Å². The van der Waals surface area contributed by atoms with Crippen LogP contribution in [0.25, 0.3) is 6.08 Å². The molecule has 0 unspecified atom stereocenters. The van der Waals surface area contributed by atoms with Crippen LogP contribution < -0.4 is 10.6 Å². The Morgan fingerprint density at radius 3 is 2.47 bits per heavy atom. The number of methoxy groups -OCH3 is 1. The third-order valence-electron chi connectivity index (χ3n) is 4.49. The van der Waals surface area contributed by atoms with Crippen molar-refractivity contribution >= 4 is 52.9 Å². The summed E-state index contributed by atoms with van der Waals surface area (Å²) in [5.41, 5.74) is 0.500. The van der Waals surface area contributed by atoms with Crippen LogP contribution in [0, 0.1) is 5.82 Å². The summed E-state index contributed by atoms with van der Waals surface area (Å²) >= 11 is 7.36. The maximum absolute atomic E-state index is 14.4. The first-order valence-electron chi connectivity index (χ1n) is 10.0. The Labute approximate surface area is 205 Å². The topological polar surface area (TPSA) is 84.5 Å². The zero-order valence-electron chi connectivity index (χ0n) is 18.0. The number of esters is 1. The van der Waals surface area contributed by atoms with Crippen LogP contribution in [0.15, 0.2) is 83.4 Å². The van der Waals surface area contributed by atoms with Gasteiger partial charge in [-0.2, -0.15) is 0 Å². The quantitative estimate of drug-likeness (QED) is 0.255. The highest BCUT2D eigenvalue weighted by Crippen LogP contribution is 2.24. The number of halogens is 2. The van der Waals surface area contributed by atoms with Gasteiger partial charge in [0.15, 0.2) is 0 Å². The van der Waals surface area contributed by atoms with Gasteiger partial charge in [-0.1, -0.05) is 41.9 Å². The molecule has 0 fully saturated rings. The van der Waals surface area contributed by atoms with Crippen molar-refractivity contribution in [2.75, 3.05) is 18.2 Å². The van der Waals surface area contributed by atoms with Gasteiger partial charge >= 0.3 is 5.97 Å². The van der Waals surface area contributed by atoms with Gasteiger partial charge in [0.2, 0.25) is 0 Å². The molecule has 0 saturated carbocycles. The molecular formula is C25H20ClFN2O4S. The molecule has 2 N–H and O–H groups in total. The number of benzene rings is 3. The smallest absolute Gasteiger partial charge is 0.315 e. The summed E-state index contributed by atoms with van der Waals surface area (Å²) < 4.78 is 19.0. The number of nitrogens with one attached hydrogen (secondary N) is 2. The van der Waals surface area contributed by atoms with Crippen molar-refractivity contribution in [2.24, 2.45) is 0 Å². The molecule has 0 atom stereocenters. The fourth-order valence-corrected chi connectivity index (χ4v) is 3.80. The summed E-state index contributed by atoms with van der Waals surface area (Å²) in [5, 5.41) is 5.30. The second kappa shape index (κ2) is 12.0. The molecule has 34 heavy (non-hydrogen) atoms. The van der Waals surface area contributed by atoms with Crippen LogP contribution in [0.2, 0.25) is 5.02 Å². The lowest BCUT2D eigenvalue weighted by atomic mass is 10.1. The summed E-state index contributed by atoms with van der Waals surface area (Å²) in [5.74, 6) is -2.14. The van der Waals surface area contributed by atoms with Crippen molar-refractivity contribution in [1.82, 2.24) is 5.32 Å². The zero-order chi connectivity index (χ0) is 24.5. The molecule has 3 aromatic rings. The molecule has 6 nitrogen and oxygen atoms in total. The average Bonchev–Trinajstić information content (AvgIpc) is 2.84. The van der Waals surface area contributed by atoms with Crippen LogP contribution in [-0.2, 0) is 14.3 Å². The van der Waals surface area contributed by atoms with Gasteiger partial charge < -0.3 is 15.4 Å². The minimum atomic E-state index is -0.682. The Balaban J connectivity index is 1.87. The van der Waals surface area contributed by atoms with E-state index in [2.05, 4.69) is 15.4 Å². The highest BCUT2D eigenvalue weighted by atomic mass is 35.5. The molecule has 0 radical (unpaired) electrons. The highest BCUT2D eigenvalue weighted by molar-refractivity contribution is 8.00. The van der Waals surface area contributed by atoms with Gasteiger partial charge in [0.1, 0.15) is 11.5 Å². The lowest BCUT2D eigenvalue weighted by molar-refractivity contribution is -0.137. The van der Waals surface area contributed by atoms with E-state index in [0.29, 0.717) is 11.3 Å². The molecular weight excluding hydrogens is 479 g/mol. The van der Waals surface area contributed by atoms with Crippen molar-refractivity contribution < 1.29 is 23.5 Å². The molecule has 0 aliphatic rings. The highest BCUT2D eigenvalue weighted by Gasteiger charge is 2.17. The minimum Gasteiger partial charge on any atom is -0.468 e.